The van der Waals surface area contributed by atoms with Crippen LogP contribution in [0.5, 0.6) is 0 Å². The van der Waals surface area contributed by atoms with Crippen LogP contribution in [0.25, 0.3) is 0 Å². The average molecular weight is 519 g/mol. The molecule has 0 saturated carbocycles. The van der Waals surface area contributed by atoms with Crippen LogP contribution in [0.15, 0.2) is 78.0 Å². The summed E-state index contributed by atoms with van der Waals surface area (Å²) in [4.78, 5) is 4.78. The molecule has 0 aliphatic carbocycles. The predicted octanol–water partition coefficient (Wildman–Crippen LogP) is 3.99. The van der Waals surface area contributed by atoms with E-state index in [-0.39, 0.29) is 30.1 Å². The Balaban J connectivity index is 0.00000320. The summed E-state index contributed by atoms with van der Waals surface area (Å²) in [7, 11) is 1.73. The van der Waals surface area contributed by atoms with E-state index in [4.69, 9.17) is 9.73 Å². The highest BCUT2D eigenvalue weighted by atomic mass is 127. The van der Waals surface area contributed by atoms with Crippen molar-refractivity contribution < 1.29 is 4.74 Å². The molecule has 2 N–H and O–H groups in total. The lowest BCUT2D eigenvalue weighted by Crippen LogP contribution is -2.39. The smallest absolute Gasteiger partial charge is 0.191 e. The van der Waals surface area contributed by atoms with Gasteiger partial charge in [-0.1, -0.05) is 54.6 Å². The molecule has 6 nitrogen and oxygen atoms in total. The number of methoxy groups -OCH3 is 1. The van der Waals surface area contributed by atoms with E-state index in [1.54, 1.807) is 13.3 Å². The van der Waals surface area contributed by atoms with Gasteiger partial charge in [-0.25, -0.2) is 4.99 Å². The summed E-state index contributed by atoms with van der Waals surface area (Å²) in [5.41, 5.74) is 3.55. The SMILES string of the molecule is CCNC(=NCc1ccccc1Cn1cccn1)NCC(OC)c1ccccc1.I. The van der Waals surface area contributed by atoms with E-state index < -0.39 is 0 Å². The Morgan fingerprint density at radius 1 is 1.03 bits per heavy atom. The van der Waals surface area contributed by atoms with Crippen LogP contribution in [0, 0.1) is 0 Å². The summed E-state index contributed by atoms with van der Waals surface area (Å²) in [6.45, 7) is 4.83. The number of aromatic nitrogens is 2. The lowest BCUT2D eigenvalue weighted by atomic mass is 10.1. The Hall–Kier alpha value is -2.39. The topological polar surface area (TPSA) is 63.5 Å². The van der Waals surface area contributed by atoms with Gasteiger partial charge in [0.05, 0.1) is 19.2 Å². The van der Waals surface area contributed by atoms with Crippen LogP contribution >= 0.6 is 24.0 Å². The monoisotopic (exact) mass is 519 g/mol. The fourth-order valence-electron chi connectivity index (χ4n) is 3.13. The zero-order valence-electron chi connectivity index (χ0n) is 17.5. The number of ether oxygens (including phenoxy) is 1. The highest BCUT2D eigenvalue weighted by Crippen LogP contribution is 2.15. The number of hydrogen-bond donors (Lipinski definition) is 2. The number of nitrogens with zero attached hydrogens (tertiary/aromatic N) is 3. The second-order valence-corrected chi connectivity index (χ2v) is 6.68. The third kappa shape index (κ3) is 7.14. The van der Waals surface area contributed by atoms with Crippen LogP contribution in [-0.4, -0.2) is 35.9 Å². The molecule has 7 heteroatoms. The van der Waals surface area contributed by atoms with E-state index in [1.165, 1.54) is 11.1 Å². The van der Waals surface area contributed by atoms with Gasteiger partial charge in [0.15, 0.2) is 5.96 Å². The number of hydrogen-bond acceptors (Lipinski definition) is 3. The van der Waals surface area contributed by atoms with E-state index in [2.05, 4.69) is 53.0 Å². The summed E-state index contributed by atoms with van der Waals surface area (Å²) in [5.74, 6) is 0.777. The molecule has 0 saturated heterocycles. The van der Waals surface area contributed by atoms with Gasteiger partial charge in [0.1, 0.15) is 0 Å². The minimum absolute atomic E-state index is 0. The van der Waals surface area contributed by atoms with Crippen molar-refractivity contribution in [2.45, 2.75) is 26.1 Å². The first-order chi connectivity index (χ1) is 14.3. The molecule has 0 amide bonds. The number of benzene rings is 2. The second kappa shape index (κ2) is 13.0. The molecule has 160 valence electrons. The zero-order valence-corrected chi connectivity index (χ0v) is 19.8. The Morgan fingerprint density at radius 3 is 2.43 bits per heavy atom. The molecule has 1 atom stereocenters. The number of guanidine groups is 1. The van der Waals surface area contributed by atoms with Gasteiger partial charge in [-0.05, 0) is 29.7 Å². The number of halogens is 1. The molecule has 3 rings (SSSR count). The van der Waals surface area contributed by atoms with Crippen molar-refractivity contribution in [2.24, 2.45) is 4.99 Å². The van der Waals surface area contributed by atoms with Crippen LogP contribution in [0.3, 0.4) is 0 Å². The number of rotatable bonds is 9. The normalized spacial score (nSPS) is 12.1. The average Bonchev–Trinajstić information content (AvgIpc) is 3.27. The van der Waals surface area contributed by atoms with Crippen molar-refractivity contribution in [1.82, 2.24) is 20.4 Å². The number of nitrogens with one attached hydrogen (secondary N) is 2. The van der Waals surface area contributed by atoms with Crippen LogP contribution in [-0.2, 0) is 17.8 Å². The van der Waals surface area contributed by atoms with E-state index in [9.17, 15) is 0 Å². The zero-order chi connectivity index (χ0) is 20.3. The molecular weight excluding hydrogens is 489 g/mol. The van der Waals surface area contributed by atoms with Gasteiger partial charge < -0.3 is 15.4 Å². The second-order valence-electron chi connectivity index (χ2n) is 6.68. The minimum atomic E-state index is -0.0350. The standard InChI is InChI=1S/C23H29N5O.HI/c1-3-24-23(26-17-22(29-2)19-10-5-4-6-11-19)25-16-20-12-7-8-13-21(20)18-28-15-9-14-27-28;/h4-15,22H,3,16-18H2,1-2H3,(H2,24,25,26);1H. The maximum absolute atomic E-state index is 5.65. The molecule has 1 aromatic heterocycles. The summed E-state index contributed by atoms with van der Waals surface area (Å²) < 4.78 is 7.58. The van der Waals surface area contributed by atoms with Gasteiger partial charge in [-0.3, -0.25) is 4.68 Å². The predicted molar refractivity (Wildman–Crippen MR) is 132 cm³/mol. The van der Waals surface area contributed by atoms with Crippen molar-refractivity contribution in [1.29, 1.82) is 0 Å². The highest BCUT2D eigenvalue weighted by Gasteiger charge is 2.11. The fraction of sp³-hybridized carbons (Fsp3) is 0.304. The molecule has 0 fully saturated rings. The largest absolute Gasteiger partial charge is 0.375 e. The first kappa shape index (κ1) is 23.9. The van der Waals surface area contributed by atoms with Gasteiger partial charge in [0, 0.05) is 32.6 Å². The Bertz CT molecular complexity index is 884. The lowest BCUT2D eigenvalue weighted by Gasteiger charge is -2.19. The van der Waals surface area contributed by atoms with Gasteiger partial charge in [-0.2, -0.15) is 5.10 Å². The maximum atomic E-state index is 5.65. The minimum Gasteiger partial charge on any atom is -0.375 e. The summed E-state index contributed by atoms with van der Waals surface area (Å²) in [6.07, 6.45) is 3.74. The third-order valence-corrected chi connectivity index (χ3v) is 4.67. The molecule has 2 aromatic carbocycles. The van der Waals surface area contributed by atoms with Gasteiger partial charge >= 0.3 is 0 Å². The molecule has 0 radical (unpaired) electrons. The molecule has 0 aliphatic heterocycles. The van der Waals surface area contributed by atoms with Crippen molar-refractivity contribution in [3.8, 4) is 0 Å². The van der Waals surface area contributed by atoms with Crippen LogP contribution < -0.4 is 10.6 Å². The molecule has 3 aromatic rings. The van der Waals surface area contributed by atoms with Crippen molar-refractivity contribution >= 4 is 29.9 Å². The molecule has 1 heterocycles. The Kier molecular flexibility index (Phi) is 10.4. The van der Waals surface area contributed by atoms with E-state index in [0.717, 1.165) is 24.6 Å². The Morgan fingerprint density at radius 2 is 1.77 bits per heavy atom. The van der Waals surface area contributed by atoms with Gasteiger partial charge in [0.25, 0.3) is 0 Å². The summed E-state index contributed by atoms with van der Waals surface area (Å²) in [6, 6.07) is 20.5. The highest BCUT2D eigenvalue weighted by molar-refractivity contribution is 14.0. The van der Waals surface area contributed by atoms with Crippen molar-refractivity contribution in [3.63, 3.8) is 0 Å². The quantitative estimate of drug-likeness (QED) is 0.255. The third-order valence-electron chi connectivity index (χ3n) is 4.67. The first-order valence-corrected chi connectivity index (χ1v) is 9.94. The van der Waals surface area contributed by atoms with Crippen LogP contribution in [0.2, 0.25) is 0 Å². The van der Waals surface area contributed by atoms with Crippen molar-refractivity contribution in [3.05, 3.63) is 89.7 Å². The van der Waals surface area contributed by atoms with E-state index >= 15 is 0 Å². The molecule has 0 bridgehead atoms. The van der Waals surface area contributed by atoms with E-state index in [1.807, 2.05) is 41.2 Å². The first-order valence-electron chi connectivity index (χ1n) is 9.94. The molecule has 0 aliphatic rings. The van der Waals surface area contributed by atoms with E-state index in [0.29, 0.717) is 13.1 Å². The Labute approximate surface area is 195 Å². The lowest BCUT2D eigenvalue weighted by molar-refractivity contribution is 0.106. The molecular formula is C23H30IN5O. The molecule has 30 heavy (non-hydrogen) atoms. The molecule has 1 unspecified atom stereocenters. The maximum Gasteiger partial charge on any atom is 0.191 e. The number of aliphatic imine (C=N–C) groups is 1. The van der Waals surface area contributed by atoms with Gasteiger partial charge in [-0.15, -0.1) is 24.0 Å². The molecule has 0 spiro atoms. The van der Waals surface area contributed by atoms with Crippen LogP contribution in [0.4, 0.5) is 0 Å². The van der Waals surface area contributed by atoms with Gasteiger partial charge in [0.2, 0.25) is 0 Å². The van der Waals surface area contributed by atoms with Crippen molar-refractivity contribution in [2.75, 3.05) is 20.2 Å². The van der Waals surface area contributed by atoms with Crippen LogP contribution in [0.1, 0.15) is 29.7 Å². The fourth-order valence-corrected chi connectivity index (χ4v) is 3.13. The summed E-state index contributed by atoms with van der Waals surface area (Å²) >= 11 is 0. The summed E-state index contributed by atoms with van der Waals surface area (Å²) in [5, 5.41) is 11.0.